The minimum Gasteiger partial charge on any atom is -0.434 e. The molecule has 2 rings (SSSR count). The van der Waals surface area contributed by atoms with Gasteiger partial charge in [-0.2, -0.15) is 5.10 Å². The van der Waals surface area contributed by atoms with E-state index < -0.39 is 4.92 Å². The molecule has 8 heteroatoms. The number of hydrogen-bond donors (Lipinski definition) is 0. The first-order valence-electron chi connectivity index (χ1n) is 5.51. The third-order valence-electron chi connectivity index (χ3n) is 2.40. The molecule has 7 nitrogen and oxygen atoms in total. The molecule has 0 aliphatic rings. The number of fused-ring (bicyclic) bond motifs is 1. The van der Waals surface area contributed by atoms with Crippen LogP contribution in [0.1, 0.15) is 6.92 Å². The summed E-state index contributed by atoms with van der Waals surface area (Å²) >= 11 is 1.07. The average Bonchev–Trinajstić information content (AvgIpc) is 2.79. The molecule has 0 amide bonds. The Labute approximate surface area is 112 Å². The first kappa shape index (κ1) is 13.3. The van der Waals surface area contributed by atoms with E-state index in [-0.39, 0.29) is 17.7 Å². The van der Waals surface area contributed by atoms with Gasteiger partial charge in [-0.15, -0.1) is 0 Å². The number of nitro groups is 1. The molecule has 0 spiro atoms. The van der Waals surface area contributed by atoms with Crippen molar-refractivity contribution in [3.8, 4) is 0 Å². The van der Waals surface area contributed by atoms with Gasteiger partial charge >= 0.3 is 5.30 Å². The van der Waals surface area contributed by atoms with E-state index in [2.05, 4.69) is 5.10 Å². The van der Waals surface area contributed by atoms with Crippen LogP contribution in [0.2, 0.25) is 0 Å². The van der Waals surface area contributed by atoms with Gasteiger partial charge in [-0.1, -0.05) is 6.92 Å². The molecule has 2 aromatic rings. The molecular weight excluding hydrogens is 270 g/mol. The molecule has 0 bridgehead atoms. The van der Waals surface area contributed by atoms with Crippen molar-refractivity contribution in [3.63, 3.8) is 0 Å². The van der Waals surface area contributed by atoms with Gasteiger partial charge < -0.3 is 4.74 Å². The van der Waals surface area contributed by atoms with Gasteiger partial charge in [-0.25, -0.2) is 9.48 Å². The Hall–Kier alpha value is -2.09. The maximum absolute atomic E-state index is 11.2. The maximum atomic E-state index is 11.2. The lowest BCUT2D eigenvalue weighted by atomic mass is 10.2. The highest BCUT2D eigenvalue weighted by Crippen LogP contribution is 2.20. The van der Waals surface area contributed by atoms with Crippen molar-refractivity contribution >= 4 is 33.7 Å². The molecule has 100 valence electrons. The normalized spacial score (nSPS) is 10.6. The number of hydrogen-bond acceptors (Lipinski definition) is 6. The van der Waals surface area contributed by atoms with Crippen molar-refractivity contribution < 1.29 is 14.5 Å². The molecule has 0 fully saturated rings. The van der Waals surface area contributed by atoms with E-state index in [0.717, 1.165) is 11.8 Å². The Balaban J connectivity index is 2.17. The predicted molar refractivity (Wildman–Crippen MR) is 71.0 cm³/mol. The largest absolute Gasteiger partial charge is 0.434 e. The van der Waals surface area contributed by atoms with Crippen molar-refractivity contribution in [3.05, 3.63) is 34.5 Å². The van der Waals surface area contributed by atoms with Crippen LogP contribution < -0.4 is 0 Å². The Bertz CT molecular complexity index is 625. The number of carbonyl (C=O) groups is 1. The van der Waals surface area contributed by atoms with Crippen molar-refractivity contribution in [2.75, 3.05) is 5.75 Å². The number of benzene rings is 1. The molecule has 0 radical (unpaired) electrons. The van der Waals surface area contributed by atoms with Crippen molar-refractivity contribution in [1.82, 2.24) is 9.78 Å². The van der Waals surface area contributed by atoms with Crippen LogP contribution in [0.4, 0.5) is 10.5 Å². The standard InChI is InChI=1S/C11H11N3O4S/c1-2-19-11(15)18-7-13-10-4-3-9(14(16)17)5-8(10)6-12-13/h3-6H,2,7H2,1H3. The molecule has 1 heterocycles. The number of aromatic nitrogens is 2. The summed E-state index contributed by atoms with van der Waals surface area (Å²) in [6, 6.07) is 4.41. The molecule has 1 aromatic carbocycles. The van der Waals surface area contributed by atoms with Crippen LogP contribution in [0, 0.1) is 10.1 Å². The molecule has 0 N–H and O–H groups in total. The predicted octanol–water partition coefficient (Wildman–Crippen LogP) is 2.79. The fourth-order valence-corrected chi connectivity index (χ4v) is 1.94. The second-order valence-corrected chi connectivity index (χ2v) is 4.80. The van der Waals surface area contributed by atoms with Crippen LogP contribution in [0.5, 0.6) is 0 Å². The summed E-state index contributed by atoms with van der Waals surface area (Å²) in [4.78, 5) is 21.4. The third-order valence-corrected chi connectivity index (χ3v) is 3.05. The molecule has 0 aliphatic heterocycles. The third kappa shape index (κ3) is 3.02. The summed E-state index contributed by atoms with van der Waals surface area (Å²) < 4.78 is 6.48. The molecule has 0 saturated heterocycles. The Morgan fingerprint density at radius 3 is 3.05 bits per heavy atom. The smallest absolute Gasteiger partial charge is 0.369 e. The summed E-state index contributed by atoms with van der Waals surface area (Å²) in [5, 5.41) is 14.9. The van der Waals surface area contributed by atoms with Crippen molar-refractivity contribution in [1.29, 1.82) is 0 Å². The summed E-state index contributed by atoms with van der Waals surface area (Å²) in [6.45, 7) is 1.85. The highest BCUT2D eigenvalue weighted by atomic mass is 32.2. The highest BCUT2D eigenvalue weighted by Gasteiger charge is 2.10. The maximum Gasteiger partial charge on any atom is 0.369 e. The van der Waals surface area contributed by atoms with E-state index in [1.54, 1.807) is 6.07 Å². The second kappa shape index (κ2) is 5.70. The monoisotopic (exact) mass is 281 g/mol. The fraction of sp³-hybridized carbons (Fsp3) is 0.273. The Kier molecular flexibility index (Phi) is 4.00. The fourth-order valence-electron chi connectivity index (χ4n) is 1.56. The molecular formula is C11H11N3O4S. The van der Waals surface area contributed by atoms with Crippen LogP contribution in [0.25, 0.3) is 10.9 Å². The number of nitrogens with zero attached hydrogens (tertiary/aromatic N) is 3. The number of rotatable bonds is 4. The van der Waals surface area contributed by atoms with E-state index in [0.29, 0.717) is 16.7 Å². The lowest BCUT2D eigenvalue weighted by molar-refractivity contribution is -0.384. The van der Waals surface area contributed by atoms with E-state index in [4.69, 9.17) is 4.74 Å². The van der Waals surface area contributed by atoms with Crippen LogP contribution in [0.3, 0.4) is 0 Å². The Morgan fingerprint density at radius 1 is 1.58 bits per heavy atom. The minimum absolute atomic E-state index is 0.00517. The number of nitro benzene ring substituents is 1. The Morgan fingerprint density at radius 2 is 2.37 bits per heavy atom. The topological polar surface area (TPSA) is 87.3 Å². The van der Waals surface area contributed by atoms with E-state index in [1.165, 1.54) is 23.0 Å². The molecule has 19 heavy (non-hydrogen) atoms. The zero-order valence-electron chi connectivity index (χ0n) is 10.1. The van der Waals surface area contributed by atoms with Crippen LogP contribution in [-0.2, 0) is 11.5 Å². The van der Waals surface area contributed by atoms with Gasteiger partial charge in [-0.05, 0) is 17.8 Å². The van der Waals surface area contributed by atoms with Gasteiger partial charge in [-0.3, -0.25) is 10.1 Å². The SMILES string of the molecule is CCSC(=O)OCn1ncc2cc([N+](=O)[O-])ccc21. The first-order chi connectivity index (χ1) is 9.11. The van der Waals surface area contributed by atoms with E-state index >= 15 is 0 Å². The van der Waals surface area contributed by atoms with E-state index in [9.17, 15) is 14.9 Å². The lowest BCUT2D eigenvalue weighted by Gasteiger charge is -2.04. The quantitative estimate of drug-likeness (QED) is 0.486. The van der Waals surface area contributed by atoms with Gasteiger partial charge in [0.05, 0.1) is 16.6 Å². The van der Waals surface area contributed by atoms with Gasteiger partial charge in [0.15, 0.2) is 6.73 Å². The zero-order chi connectivity index (χ0) is 13.8. The number of thioether (sulfide) groups is 1. The van der Waals surface area contributed by atoms with Crippen LogP contribution >= 0.6 is 11.8 Å². The van der Waals surface area contributed by atoms with Crippen molar-refractivity contribution in [2.24, 2.45) is 0 Å². The van der Waals surface area contributed by atoms with Gasteiger partial charge in [0.2, 0.25) is 0 Å². The van der Waals surface area contributed by atoms with Crippen molar-refractivity contribution in [2.45, 2.75) is 13.7 Å². The molecule has 0 aliphatic carbocycles. The van der Waals surface area contributed by atoms with E-state index in [1.807, 2.05) is 6.92 Å². The number of non-ortho nitro benzene ring substituents is 1. The molecule has 0 unspecified atom stereocenters. The van der Waals surface area contributed by atoms with Gasteiger partial charge in [0, 0.05) is 23.3 Å². The van der Waals surface area contributed by atoms with Gasteiger partial charge in [0.1, 0.15) is 0 Å². The second-order valence-electron chi connectivity index (χ2n) is 3.60. The number of ether oxygens (including phenoxy) is 1. The first-order valence-corrected chi connectivity index (χ1v) is 6.50. The average molecular weight is 281 g/mol. The summed E-state index contributed by atoms with van der Waals surface area (Å²) in [7, 11) is 0. The zero-order valence-corrected chi connectivity index (χ0v) is 10.9. The number of carbonyl (C=O) groups excluding carboxylic acids is 1. The summed E-state index contributed by atoms with van der Waals surface area (Å²) in [5.41, 5.74) is 0.686. The minimum atomic E-state index is -0.464. The highest BCUT2D eigenvalue weighted by molar-refractivity contribution is 8.13. The summed E-state index contributed by atoms with van der Waals surface area (Å²) in [6.07, 6.45) is 1.50. The lowest BCUT2D eigenvalue weighted by Crippen LogP contribution is -2.06. The molecule has 1 aromatic heterocycles. The van der Waals surface area contributed by atoms with Gasteiger partial charge in [0.25, 0.3) is 5.69 Å². The molecule has 0 atom stereocenters. The van der Waals surface area contributed by atoms with Crippen LogP contribution in [0.15, 0.2) is 24.4 Å². The van der Waals surface area contributed by atoms with Crippen LogP contribution in [-0.4, -0.2) is 25.8 Å². The molecule has 0 saturated carbocycles. The summed E-state index contributed by atoms with van der Waals surface area (Å²) in [5.74, 6) is 0.644.